The van der Waals surface area contributed by atoms with E-state index in [-0.39, 0.29) is 17.1 Å². The number of aryl methyl sites for hydroxylation is 3. The summed E-state index contributed by atoms with van der Waals surface area (Å²) in [5.74, 6) is 0.242. The maximum atomic E-state index is 12.9. The van der Waals surface area contributed by atoms with Crippen LogP contribution in [0.3, 0.4) is 0 Å². The molecule has 0 aromatic carbocycles. The molecular formula is C18H19N3O2S2. The Labute approximate surface area is 154 Å². The topological polar surface area (TPSA) is 56.9 Å². The summed E-state index contributed by atoms with van der Waals surface area (Å²) >= 11 is 2.81. The fourth-order valence-electron chi connectivity index (χ4n) is 2.66. The van der Waals surface area contributed by atoms with Crippen LogP contribution < -0.4 is 5.56 Å². The lowest BCUT2D eigenvalue weighted by molar-refractivity contribution is 0.101. The average Bonchev–Trinajstić information content (AvgIpc) is 3.12. The third-order valence-electron chi connectivity index (χ3n) is 4.13. The van der Waals surface area contributed by atoms with Crippen molar-refractivity contribution in [1.29, 1.82) is 0 Å². The summed E-state index contributed by atoms with van der Waals surface area (Å²) in [7, 11) is 1.84. The number of carbonyl (C=O) groups excluding carboxylic acids is 1. The summed E-state index contributed by atoms with van der Waals surface area (Å²) in [6.07, 6.45) is 3.51. The molecule has 3 aromatic rings. The van der Waals surface area contributed by atoms with Crippen molar-refractivity contribution in [1.82, 2.24) is 14.1 Å². The number of fused-ring (bicyclic) bond motifs is 1. The third kappa shape index (κ3) is 3.21. The zero-order chi connectivity index (χ0) is 18.1. The molecule has 3 rings (SSSR count). The van der Waals surface area contributed by atoms with Crippen molar-refractivity contribution in [3.8, 4) is 0 Å². The fourth-order valence-corrected chi connectivity index (χ4v) is 4.62. The molecule has 25 heavy (non-hydrogen) atoms. The first-order valence-corrected chi connectivity index (χ1v) is 9.63. The van der Waals surface area contributed by atoms with E-state index in [1.807, 2.05) is 33.2 Å². The van der Waals surface area contributed by atoms with E-state index in [0.29, 0.717) is 22.8 Å². The molecule has 0 aliphatic heterocycles. The molecule has 0 N–H and O–H groups in total. The van der Waals surface area contributed by atoms with E-state index in [9.17, 15) is 9.59 Å². The predicted molar refractivity (Wildman–Crippen MR) is 104 cm³/mol. The Bertz CT molecular complexity index is 1030. The first-order chi connectivity index (χ1) is 11.9. The van der Waals surface area contributed by atoms with Crippen LogP contribution >= 0.6 is 23.1 Å². The number of rotatable bonds is 6. The minimum atomic E-state index is -0.0689. The van der Waals surface area contributed by atoms with Gasteiger partial charge in [-0.1, -0.05) is 17.8 Å². The fraction of sp³-hybridized carbons (Fsp3) is 0.278. The minimum absolute atomic E-state index is 0.00976. The highest BCUT2D eigenvalue weighted by molar-refractivity contribution is 7.99. The Kier molecular flexibility index (Phi) is 4.96. The van der Waals surface area contributed by atoms with Gasteiger partial charge in [0, 0.05) is 24.7 Å². The van der Waals surface area contributed by atoms with Gasteiger partial charge < -0.3 is 4.57 Å². The standard InChI is InChI=1S/C18H19N3O2S2/c1-5-8-21-17(23)15-11(2)12(3)25-16(15)19-18(21)24-10-14(22)13-7-6-9-20(13)4/h5-7,9H,1,8,10H2,2-4H3. The molecule has 0 spiro atoms. The van der Waals surface area contributed by atoms with Crippen LogP contribution in [0.1, 0.15) is 20.9 Å². The van der Waals surface area contributed by atoms with Crippen molar-refractivity contribution < 1.29 is 4.79 Å². The number of nitrogens with zero attached hydrogens (tertiary/aromatic N) is 3. The van der Waals surface area contributed by atoms with E-state index in [1.165, 1.54) is 23.1 Å². The van der Waals surface area contributed by atoms with Gasteiger partial charge in [-0.05, 0) is 31.5 Å². The smallest absolute Gasteiger partial charge is 0.263 e. The zero-order valence-electron chi connectivity index (χ0n) is 14.4. The van der Waals surface area contributed by atoms with E-state index >= 15 is 0 Å². The second-order valence-corrected chi connectivity index (χ2v) is 7.92. The van der Waals surface area contributed by atoms with Gasteiger partial charge in [0.1, 0.15) is 4.83 Å². The van der Waals surface area contributed by atoms with Crippen LogP contribution in [0.4, 0.5) is 0 Å². The maximum Gasteiger partial charge on any atom is 0.263 e. The Morgan fingerprint density at radius 1 is 1.44 bits per heavy atom. The predicted octanol–water partition coefficient (Wildman–Crippen LogP) is 3.57. The summed E-state index contributed by atoms with van der Waals surface area (Å²) in [5.41, 5.74) is 1.56. The third-order valence-corrected chi connectivity index (χ3v) is 6.20. The monoisotopic (exact) mass is 373 g/mol. The van der Waals surface area contributed by atoms with Gasteiger partial charge in [0.2, 0.25) is 0 Å². The maximum absolute atomic E-state index is 12.9. The molecule has 0 saturated heterocycles. The molecular weight excluding hydrogens is 354 g/mol. The van der Waals surface area contributed by atoms with E-state index in [1.54, 1.807) is 21.3 Å². The molecule has 0 amide bonds. The molecule has 0 saturated carbocycles. The number of hydrogen-bond donors (Lipinski definition) is 0. The Hall–Kier alpha value is -2.12. The van der Waals surface area contributed by atoms with Crippen LogP contribution in [0.2, 0.25) is 0 Å². The lowest BCUT2D eigenvalue weighted by Gasteiger charge is -2.10. The lowest BCUT2D eigenvalue weighted by atomic mass is 10.2. The molecule has 5 nitrogen and oxygen atoms in total. The summed E-state index contributed by atoms with van der Waals surface area (Å²) < 4.78 is 3.39. The Balaban J connectivity index is 1.99. The second-order valence-electron chi connectivity index (χ2n) is 5.78. The average molecular weight is 374 g/mol. The SMILES string of the molecule is C=CCn1c(SCC(=O)c2cccn2C)nc2sc(C)c(C)c2c1=O. The van der Waals surface area contributed by atoms with Crippen LogP contribution in [0.25, 0.3) is 10.2 Å². The molecule has 3 aromatic heterocycles. The van der Waals surface area contributed by atoms with Gasteiger partial charge in [0.05, 0.1) is 16.8 Å². The number of thioether (sulfide) groups is 1. The van der Waals surface area contributed by atoms with Crippen LogP contribution in [-0.2, 0) is 13.6 Å². The van der Waals surface area contributed by atoms with Crippen molar-refractivity contribution in [2.45, 2.75) is 25.5 Å². The molecule has 0 aliphatic carbocycles. The summed E-state index contributed by atoms with van der Waals surface area (Å²) in [5, 5.41) is 1.23. The van der Waals surface area contributed by atoms with Gasteiger partial charge >= 0.3 is 0 Å². The molecule has 130 valence electrons. The first kappa shape index (κ1) is 17.7. The van der Waals surface area contributed by atoms with Crippen molar-refractivity contribution in [3.63, 3.8) is 0 Å². The van der Waals surface area contributed by atoms with E-state index < -0.39 is 0 Å². The Morgan fingerprint density at radius 2 is 2.20 bits per heavy atom. The summed E-state index contributed by atoms with van der Waals surface area (Å²) in [6, 6.07) is 3.63. The largest absolute Gasteiger partial charge is 0.348 e. The van der Waals surface area contributed by atoms with Crippen molar-refractivity contribution in [2.75, 3.05) is 5.75 Å². The first-order valence-electron chi connectivity index (χ1n) is 7.82. The van der Waals surface area contributed by atoms with Gasteiger partial charge in [-0.2, -0.15) is 0 Å². The van der Waals surface area contributed by atoms with Crippen LogP contribution in [0.15, 0.2) is 40.9 Å². The molecule has 7 heteroatoms. The van der Waals surface area contributed by atoms with Crippen LogP contribution in [0.5, 0.6) is 0 Å². The van der Waals surface area contributed by atoms with Crippen molar-refractivity contribution >= 4 is 39.1 Å². The summed E-state index contributed by atoms with van der Waals surface area (Å²) in [4.78, 5) is 31.8. The van der Waals surface area contributed by atoms with Gasteiger partial charge in [-0.3, -0.25) is 14.2 Å². The van der Waals surface area contributed by atoms with Gasteiger partial charge in [-0.15, -0.1) is 17.9 Å². The molecule has 0 atom stereocenters. The number of aromatic nitrogens is 3. The summed E-state index contributed by atoms with van der Waals surface area (Å²) in [6.45, 7) is 8.04. The molecule has 0 radical (unpaired) electrons. The lowest BCUT2D eigenvalue weighted by Crippen LogP contribution is -2.23. The minimum Gasteiger partial charge on any atom is -0.348 e. The number of thiophene rings is 1. The van der Waals surface area contributed by atoms with Gasteiger partial charge in [0.15, 0.2) is 10.9 Å². The number of ketones is 1. The zero-order valence-corrected chi connectivity index (χ0v) is 16.0. The Morgan fingerprint density at radius 3 is 2.84 bits per heavy atom. The van der Waals surface area contributed by atoms with E-state index in [2.05, 4.69) is 11.6 Å². The highest BCUT2D eigenvalue weighted by Gasteiger charge is 2.18. The molecule has 3 heterocycles. The molecule has 0 aliphatic rings. The normalized spacial score (nSPS) is 11.2. The molecule has 0 unspecified atom stereocenters. The van der Waals surface area contributed by atoms with Gasteiger partial charge in [-0.25, -0.2) is 4.98 Å². The molecule has 0 bridgehead atoms. The highest BCUT2D eigenvalue weighted by atomic mass is 32.2. The number of carbonyl (C=O) groups is 1. The van der Waals surface area contributed by atoms with Crippen LogP contribution in [0, 0.1) is 13.8 Å². The van der Waals surface area contributed by atoms with Crippen molar-refractivity contribution in [3.05, 3.63) is 57.5 Å². The second kappa shape index (κ2) is 7.01. The van der Waals surface area contributed by atoms with E-state index in [4.69, 9.17) is 0 Å². The van der Waals surface area contributed by atoms with E-state index in [0.717, 1.165) is 15.3 Å². The van der Waals surface area contributed by atoms with Gasteiger partial charge in [0.25, 0.3) is 5.56 Å². The number of Topliss-reactive ketones (excluding diaryl/α,β-unsaturated/α-hetero) is 1. The number of allylic oxidation sites excluding steroid dienone is 1. The van der Waals surface area contributed by atoms with Crippen molar-refractivity contribution in [2.24, 2.45) is 7.05 Å². The molecule has 0 fully saturated rings. The highest BCUT2D eigenvalue weighted by Crippen LogP contribution is 2.28. The number of hydrogen-bond acceptors (Lipinski definition) is 5. The quantitative estimate of drug-likeness (QED) is 0.287. The van der Waals surface area contributed by atoms with Crippen LogP contribution in [-0.4, -0.2) is 25.7 Å².